The first-order chi connectivity index (χ1) is 16.9. The van der Waals surface area contributed by atoms with Crippen LogP contribution in [-0.4, -0.2) is 47.7 Å². The van der Waals surface area contributed by atoms with Crippen molar-refractivity contribution < 1.29 is 14.4 Å². The monoisotopic (exact) mass is 481 g/mol. The van der Waals surface area contributed by atoms with E-state index in [1.54, 1.807) is 25.1 Å². The summed E-state index contributed by atoms with van der Waals surface area (Å²) in [6, 6.07) is 8.91. The maximum atomic E-state index is 12.7. The number of benzene rings is 1. The van der Waals surface area contributed by atoms with E-state index in [0.717, 1.165) is 5.39 Å². The number of hydroxylamine groups is 1. The zero-order valence-electron chi connectivity index (χ0n) is 19.4. The molecule has 1 unspecified atom stereocenters. The molecule has 0 bridgehead atoms. The highest BCUT2D eigenvalue weighted by molar-refractivity contribution is 5.90. The number of hydrogen-bond acceptors (Lipinski definition) is 9. The number of methoxy groups -OCH3 is 1. The average molecular weight is 482 g/mol. The van der Waals surface area contributed by atoms with Gasteiger partial charge in [0.25, 0.3) is 11.1 Å². The highest BCUT2D eigenvalue weighted by Gasteiger charge is 2.39. The van der Waals surface area contributed by atoms with Crippen molar-refractivity contribution in [3.8, 4) is 5.88 Å². The summed E-state index contributed by atoms with van der Waals surface area (Å²) in [6.45, 7) is 2.76. The lowest BCUT2D eigenvalue weighted by molar-refractivity contribution is -0.121. The molecule has 3 aromatic rings. The minimum absolute atomic E-state index is 0.123. The van der Waals surface area contributed by atoms with Gasteiger partial charge in [0.2, 0.25) is 5.91 Å². The number of aryl methyl sites for hydroxylation is 1. The second-order valence-corrected chi connectivity index (χ2v) is 8.12. The van der Waals surface area contributed by atoms with Gasteiger partial charge in [0.1, 0.15) is 0 Å². The Morgan fingerprint density at radius 3 is 2.69 bits per heavy atom. The Morgan fingerprint density at radius 1 is 1.17 bits per heavy atom. The van der Waals surface area contributed by atoms with Crippen LogP contribution in [0.2, 0.25) is 0 Å². The lowest BCUT2D eigenvalue weighted by atomic mass is 9.93. The molecule has 1 amide bonds. The van der Waals surface area contributed by atoms with Crippen LogP contribution in [0.4, 0.5) is 5.82 Å². The number of nitrogens with one attached hydrogen (secondary N) is 5. The first-order valence-corrected chi connectivity index (χ1v) is 11.2. The zero-order valence-corrected chi connectivity index (χ0v) is 19.4. The molecule has 5 N–H and O–H groups in total. The number of nitrogens with zero attached hydrogens (tertiary/aromatic N) is 2. The molecule has 1 aromatic carbocycles. The van der Waals surface area contributed by atoms with Crippen molar-refractivity contribution in [2.75, 3.05) is 25.5 Å². The van der Waals surface area contributed by atoms with Crippen LogP contribution in [0.1, 0.15) is 30.4 Å². The fourth-order valence-corrected chi connectivity index (χ4v) is 4.06. The lowest BCUT2D eigenvalue weighted by Gasteiger charge is -2.25. The van der Waals surface area contributed by atoms with E-state index in [4.69, 9.17) is 9.57 Å². The second kappa shape index (κ2) is 10.4. The van der Waals surface area contributed by atoms with Crippen molar-refractivity contribution >= 4 is 28.9 Å². The standard InChI is InChI=1S/C23H27N7O5/c1-14-12-18(34-2)27-22(33)19(14)23(26-13-35-30-23)9-8-17(31)24-10-5-11-25-20-15-6-3-4-7-16(15)21(32)29-28-20/h3-4,6-7,12-13,30H,5,8-11H2,1-2H3,(H,24,31)(H,25,28)(H,27,33)(H,29,32). The number of aliphatic imine (C=N–C) groups is 1. The highest BCUT2D eigenvalue weighted by Crippen LogP contribution is 2.31. The Hall–Kier alpha value is -4.19. The number of H-pyrrole nitrogens is 2. The Balaban J connectivity index is 1.29. The predicted molar refractivity (Wildman–Crippen MR) is 130 cm³/mol. The third-order valence-corrected chi connectivity index (χ3v) is 5.77. The van der Waals surface area contributed by atoms with E-state index in [-0.39, 0.29) is 29.9 Å². The smallest absolute Gasteiger partial charge is 0.272 e. The van der Waals surface area contributed by atoms with Gasteiger partial charge in [-0.3, -0.25) is 19.4 Å². The predicted octanol–water partition coefficient (Wildman–Crippen LogP) is 1.04. The molecule has 1 atom stereocenters. The number of carbonyl (C=O) groups is 1. The fourth-order valence-electron chi connectivity index (χ4n) is 4.06. The minimum Gasteiger partial charge on any atom is -0.482 e. The van der Waals surface area contributed by atoms with Crippen molar-refractivity contribution in [3.05, 3.63) is 62.2 Å². The molecular formula is C23H27N7O5. The molecule has 2 aromatic heterocycles. The van der Waals surface area contributed by atoms with E-state index in [2.05, 4.69) is 36.3 Å². The number of amides is 1. The summed E-state index contributed by atoms with van der Waals surface area (Å²) in [5.74, 6) is 0.743. The number of rotatable bonds is 10. The molecule has 0 spiro atoms. The average Bonchev–Trinajstić information content (AvgIpc) is 3.33. The van der Waals surface area contributed by atoms with Crippen LogP contribution in [0.3, 0.4) is 0 Å². The summed E-state index contributed by atoms with van der Waals surface area (Å²) in [7, 11) is 1.47. The molecule has 3 heterocycles. The molecule has 35 heavy (non-hydrogen) atoms. The van der Waals surface area contributed by atoms with Crippen LogP contribution in [0, 0.1) is 6.92 Å². The Kier molecular flexibility index (Phi) is 7.11. The minimum atomic E-state index is -1.17. The summed E-state index contributed by atoms with van der Waals surface area (Å²) in [4.78, 5) is 49.1. The van der Waals surface area contributed by atoms with Crippen LogP contribution in [-0.2, 0) is 15.3 Å². The largest absolute Gasteiger partial charge is 0.482 e. The van der Waals surface area contributed by atoms with Gasteiger partial charge in [-0.15, -0.1) is 5.48 Å². The molecular weight excluding hydrogens is 454 g/mol. The summed E-state index contributed by atoms with van der Waals surface area (Å²) >= 11 is 0. The molecule has 0 saturated carbocycles. The third-order valence-electron chi connectivity index (χ3n) is 5.77. The van der Waals surface area contributed by atoms with Gasteiger partial charge < -0.3 is 20.2 Å². The van der Waals surface area contributed by atoms with Gasteiger partial charge in [-0.05, 0) is 25.0 Å². The molecule has 12 nitrogen and oxygen atoms in total. The molecule has 1 aliphatic heterocycles. The van der Waals surface area contributed by atoms with Gasteiger partial charge >= 0.3 is 0 Å². The van der Waals surface area contributed by atoms with Crippen LogP contribution in [0.15, 0.2) is 44.9 Å². The third kappa shape index (κ3) is 5.17. The first-order valence-electron chi connectivity index (χ1n) is 11.2. The maximum Gasteiger partial charge on any atom is 0.272 e. The van der Waals surface area contributed by atoms with E-state index in [1.807, 2.05) is 12.1 Å². The fraction of sp³-hybridized carbons (Fsp3) is 0.348. The van der Waals surface area contributed by atoms with E-state index < -0.39 is 5.66 Å². The van der Waals surface area contributed by atoms with E-state index in [0.29, 0.717) is 47.7 Å². The molecule has 1 aliphatic rings. The Labute approximate surface area is 200 Å². The van der Waals surface area contributed by atoms with Gasteiger partial charge in [0.15, 0.2) is 23.8 Å². The Morgan fingerprint density at radius 2 is 1.97 bits per heavy atom. The van der Waals surface area contributed by atoms with Crippen LogP contribution >= 0.6 is 0 Å². The van der Waals surface area contributed by atoms with E-state index >= 15 is 0 Å². The Bertz CT molecular complexity index is 1370. The van der Waals surface area contributed by atoms with Crippen LogP contribution in [0.25, 0.3) is 10.8 Å². The zero-order chi connectivity index (χ0) is 24.8. The number of ether oxygens (including phenoxy) is 1. The van der Waals surface area contributed by atoms with Crippen LogP contribution < -0.4 is 32.0 Å². The molecule has 0 fully saturated rings. The SMILES string of the molecule is COc1cc(C)c(C2(CCC(=O)NCCCNc3n[nH]c(=O)c4ccccc34)N=CON2)c(=O)[nH]1. The van der Waals surface area contributed by atoms with E-state index in [1.165, 1.54) is 13.5 Å². The van der Waals surface area contributed by atoms with Gasteiger partial charge in [0.05, 0.1) is 18.1 Å². The molecule has 0 aliphatic carbocycles. The van der Waals surface area contributed by atoms with Gasteiger partial charge in [0, 0.05) is 37.4 Å². The summed E-state index contributed by atoms with van der Waals surface area (Å²) in [5.41, 5.74) is 2.02. The molecule has 12 heteroatoms. The van der Waals surface area contributed by atoms with Gasteiger partial charge in [-0.25, -0.2) is 10.1 Å². The molecule has 184 valence electrons. The normalized spacial score (nSPS) is 16.7. The topological polar surface area (TPSA) is 163 Å². The van der Waals surface area contributed by atoms with Crippen molar-refractivity contribution in [2.24, 2.45) is 4.99 Å². The van der Waals surface area contributed by atoms with E-state index in [9.17, 15) is 14.4 Å². The first kappa shape index (κ1) is 24.0. The number of fused-ring (bicyclic) bond motifs is 1. The number of anilines is 1. The highest BCUT2D eigenvalue weighted by atomic mass is 16.7. The summed E-state index contributed by atoms with van der Waals surface area (Å²) in [5, 5.41) is 13.9. The number of pyridine rings is 1. The summed E-state index contributed by atoms with van der Waals surface area (Å²) in [6.07, 6.45) is 2.21. The lowest BCUT2D eigenvalue weighted by Crippen LogP contribution is -2.42. The quantitative estimate of drug-likeness (QED) is 0.268. The van der Waals surface area contributed by atoms with Crippen LogP contribution in [0.5, 0.6) is 5.88 Å². The number of carbonyl (C=O) groups excluding carboxylic acids is 1. The number of aromatic nitrogens is 3. The number of hydrogen-bond donors (Lipinski definition) is 5. The molecule has 0 saturated heterocycles. The van der Waals surface area contributed by atoms with Crippen molar-refractivity contribution in [1.82, 2.24) is 26.0 Å². The molecule has 4 rings (SSSR count). The van der Waals surface area contributed by atoms with Gasteiger partial charge in [-0.2, -0.15) is 5.10 Å². The number of aromatic amines is 2. The van der Waals surface area contributed by atoms with Crippen molar-refractivity contribution in [3.63, 3.8) is 0 Å². The molecule has 0 radical (unpaired) electrons. The summed E-state index contributed by atoms with van der Waals surface area (Å²) < 4.78 is 5.11. The van der Waals surface area contributed by atoms with Crippen molar-refractivity contribution in [2.45, 2.75) is 31.8 Å². The van der Waals surface area contributed by atoms with Crippen molar-refractivity contribution in [1.29, 1.82) is 0 Å². The maximum absolute atomic E-state index is 12.7. The second-order valence-electron chi connectivity index (χ2n) is 8.12. The van der Waals surface area contributed by atoms with Gasteiger partial charge in [-0.1, -0.05) is 18.2 Å².